The predicted molar refractivity (Wildman–Crippen MR) is 66.7 cm³/mol. The van der Waals surface area contributed by atoms with E-state index in [0.29, 0.717) is 24.8 Å². The van der Waals surface area contributed by atoms with Gasteiger partial charge < -0.3 is 4.74 Å². The molecule has 4 nitrogen and oxygen atoms in total. The van der Waals surface area contributed by atoms with Crippen LogP contribution in [-0.2, 0) is 16.4 Å². The third-order valence-electron chi connectivity index (χ3n) is 2.85. The first-order chi connectivity index (χ1) is 8.99. The summed E-state index contributed by atoms with van der Waals surface area (Å²) >= 11 is 0. The molecular weight excluding hydrogens is 276 g/mol. The van der Waals surface area contributed by atoms with Gasteiger partial charge in [-0.3, -0.25) is 0 Å². The van der Waals surface area contributed by atoms with Gasteiger partial charge in [0.2, 0.25) is 10.0 Å². The van der Waals surface area contributed by atoms with Crippen LogP contribution in [0.15, 0.2) is 24.3 Å². The number of sulfonamides is 1. The lowest BCUT2D eigenvalue weighted by Gasteiger charge is -2.11. The molecule has 1 aromatic rings. The Labute approximate surface area is 110 Å². The van der Waals surface area contributed by atoms with E-state index >= 15 is 0 Å². The average Bonchev–Trinajstić information content (AvgIpc) is 3.14. The van der Waals surface area contributed by atoms with Crippen LogP contribution < -0.4 is 9.46 Å². The highest BCUT2D eigenvalue weighted by molar-refractivity contribution is 7.90. The van der Waals surface area contributed by atoms with Crippen molar-refractivity contribution in [2.24, 2.45) is 0 Å². The van der Waals surface area contributed by atoms with Gasteiger partial charge in [0.1, 0.15) is 5.75 Å². The molecule has 0 saturated heterocycles. The second-order valence-corrected chi connectivity index (χ2v) is 6.42. The second-order valence-electron chi connectivity index (χ2n) is 4.37. The van der Waals surface area contributed by atoms with Gasteiger partial charge in [-0.2, -0.15) is 8.78 Å². The number of hydrogen-bond donors (Lipinski definition) is 1. The number of halogens is 2. The third-order valence-corrected chi connectivity index (χ3v) is 4.81. The van der Waals surface area contributed by atoms with Crippen molar-refractivity contribution < 1.29 is 21.9 Å². The van der Waals surface area contributed by atoms with Crippen LogP contribution >= 0.6 is 0 Å². The monoisotopic (exact) mass is 291 g/mol. The predicted octanol–water partition coefficient (Wildman–Crippen LogP) is 1.91. The van der Waals surface area contributed by atoms with E-state index in [1.165, 1.54) is 6.07 Å². The summed E-state index contributed by atoms with van der Waals surface area (Å²) in [7, 11) is -3.23. The maximum absolute atomic E-state index is 12.2. The highest BCUT2D eigenvalue weighted by Gasteiger charge is 2.35. The van der Waals surface area contributed by atoms with E-state index in [4.69, 9.17) is 0 Å². The highest BCUT2D eigenvalue weighted by atomic mass is 32.2. The number of alkyl halides is 2. The molecule has 0 bridgehead atoms. The van der Waals surface area contributed by atoms with Crippen LogP contribution in [0.25, 0.3) is 0 Å². The molecule has 1 N–H and O–H groups in total. The quantitative estimate of drug-likeness (QED) is 0.835. The Kier molecular flexibility index (Phi) is 4.36. The number of ether oxygens (including phenoxy) is 1. The minimum Gasteiger partial charge on any atom is -0.435 e. The van der Waals surface area contributed by atoms with Crippen molar-refractivity contribution in [1.29, 1.82) is 0 Å². The fourth-order valence-corrected chi connectivity index (χ4v) is 3.12. The lowest BCUT2D eigenvalue weighted by atomic mass is 10.1. The average molecular weight is 291 g/mol. The van der Waals surface area contributed by atoms with E-state index < -0.39 is 16.6 Å². The van der Waals surface area contributed by atoms with Gasteiger partial charge in [-0.15, -0.1) is 0 Å². The molecule has 106 valence electrons. The lowest BCUT2D eigenvalue weighted by molar-refractivity contribution is -0.0504. The summed E-state index contributed by atoms with van der Waals surface area (Å²) in [6.07, 6.45) is 1.70. The molecule has 2 rings (SSSR count). The van der Waals surface area contributed by atoms with Gasteiger partial charge >= 0.3 is 6.61 Å². The fraction of sp³-hybridized carbons (Fsp3) is 0.500. The van der Waals surface area contributed by atoms with E-state index in [2.05, 4.69) is 9.46 Å². The zero-order valence-electron chi connectivity index (χ0n) is 10.2. The van der Waals surface area contributed by atoms with Crippen molar-refractivity contribution in [1.82, 2.24) is 4.72 Å². The summed E-state index contributed by atoms with van der Waals surface area (Å²) in [4.78, 5) is 0. The van der Waals surface area contributed by atoms with E-state index in [1.54, 1.807) is 18.2 Å². The molecule has 1 fully saturated rings. The Morgan fingerprint density at radius 3 is 2.63 bits per heavy atom. The van der Waals surface area contributed by atoms with Gasteiger partial charge in [0.05, 0.1) is 5.25 Å². The Bertz CT molecular complexity index is 530. The maximum Gasteiger partial charge on any atom is 0.387 e. The largest absolute Gasteiger partial charge is 0.435 e. The molecule has 1 aliphatic rings. The molecule has 0 atom stereocenters. The zero-order valence-corrected chi connectivity index (χ0v) is 11.0. The van der Waals surface area contributed by atoms with E-state index in [-0.39, 0.29) is 17.5 Å². The van der Waals surface area contributed by atoms with Crippen molar-refractivity contribution in [3.05, 3.63) is 29.8 Å². The summed E-state index contributed by atoms with van der Waals surface area (Å²) in [5.74, 6) is 0.0862. The van der Waals surface area contributed by atoms with Crippen LogP contribution in [0, 0.1) is 0 Å². The van der Waals surface area contributed by atoms with Gasteiger partial charge in [-0.25, -0.2) is 13.1 Å². The molecule has 0 aliphatic heterocycles. The summed E-state index contributed by atoms with van der Waals surface area (Å²) < 4.78 is 54.4. The Balaban J connectivity index is 1.92. The van der Waals surface area contributed by atoms with Crippen molar-refractivity contribution >= 4 is 10.0 Å². The topological polar surface area (TPSA) is 55.4 Å². The van der Waals surface area contributed by atoms with Crippen LogP contribution in [0.5, 0.6) is 5.75 Å². The summed E-state index contributed by atoms with van der Waals surface area (Å²) in [6.45, 7) is -2.70. The zero-order chi connectivity index (χ0) is 13.9. The number of para-hydroxylation sites is 1. The summed E-state index contributed by atoms with van der Waals surface area (Å²) in [5.41, 5.74) is 0.557. The maximum atomic E-state index is 12.2. The molecule has 0 radical (unpaired) electrons. The van der Waals surface area contributed by atoms with Gasteiger partial charge in [-0.1, -0.05) is 18.2 Å². The molecule has 1 aliphatic carbocycles. The highest BCUT2D eigenvalue weighted by Crippen LogP contribution is 2.27. The minimum atomic E-state index is -3.23. The van der Waals surface area contributed by atoms with Crippen molar-refractivity contribution in [3.63, 3.8) is 0 Å². The Morgan fingerprint density at radius 2 is 2.00 bits per heavy atom. The molecule has 0 spiro atoms. The van der Waals surface area contributed by atoms with Crippen LogP contribution in [0.4, 0.5) is 8.78 Å². The van der Waals surface area contributed by atoms with Gasteiger partial charge in [-0.05, 0) is 30.9 Å². The molecule has 1 saturated carbocycles. The molecule has 0 aromatic heterocycles. The Hall–Kier alpha value is -1.21. The molecule has 0 unspecified atom stereocenters. The number of benzene rings is 1. The van der Waals surface area contributed by atoms with Gasteiger partial charge in [0.15, 0.2) is 0 Å². The van der Waals surface area contributed by atoms with Crippen molar-refractivity contribution in [2.75, 3.05) is 6.54 Å². The summed E-state index contributed by atoms with van der Waals surface area (Å²) in [5, 5.41) is -0.278. The first-order valence-electron chi connectivity index (χ1n) is 6.00. The second kappa shape index (κ2) is 5.83. The molecular formula is C12H15F2NO3S. The standard InChI is InChI=1S/C12H15F2NO3S/c13-12(14)18-11-4-2-1-3-9(11)7-8-15-19(16,17)10-5-6-10/h1-4,10,12,15H,5-8H2. The third kappa shape index (κ3) is 4.14. The van der Waals surface area contributed by atoms with Crippen LogP contribution in [0.1, 0.15) is 18.4 Å². The minimum absolute atomic E-state index is 0.0862. The van der Waals surface area contributed by atoms with Crippen molar-refractivity contribution in [3.8, 4) is 5.75 Å². The van der Waals surface area contributed by atoms with E-state index in [0.717, 1.165) is 0 Å². The molecule has 19 heavy (non-hydrogen) atoms. The molecule has 0 amide bonds. The Morgan fingerprint density at radius 1 is 1.32 bits per heavy atom. The fourth-order valence-electron chi connectivity index (χ4n) is 1.75. The molecule has 1 aromatic carbocycles. The smallest absolute Gasteiger partial charge is 0.387 e. The number of nitrogens with one attached hydrogen (secondary N) is 1. The van der Waals surface area contributed by atoms with Crippen LogP contribution in [0.3, 0.4) is 0 Å². The first kappa shape index (κ1) is 14.2. The van der Waals surface area contributed by atoms with Gasteiger partial charge in [0, 0.05) is 6.54 Å². The lowest BCUT2D eigenvalue weighted by Crippen LogP contribution is -2.29. The van der Waals surface area contributed by atoms with Crippen LogP contribution in [0.2, 0.25) is 0 Å². The summed E-state index contributed by atoms with van der Waals surface area (Å²) in [6, 6.07) is 6.37. The number of hydrogen-bond acceptors (Lipinski definition) is 3. The number of rotatable bonds is 7. The van der Waals surface area contributed by atoms with Crippen LogP contribution in [-0.4, -0.2) is 26.8 Å². The van der Waals surface area contributed by atoms with Gasteiger partial charge in [0.25, 0.3) is 0 Å². The normalized spacial score (nSPS) is 15.7. The van der Waals surface area contributed by atoms with Crippen molar-refractivity contribution in [2.45, 2.75) is 31.1 Å². The molecule has 7 heteroatoms. The molecule has 0 heterocycles. The van der Waals surface area contributed by atoms with E-state index in [9.17, 15) is 17.2 Å². The van der Waals surface area contributed by atoms with E-state index in [1.807, 2.05) is 0 Å². The first-order valence-corrected chi connectivity index (χ1v) is 7.55. The SMILES string of the molecule is O=S(=O)(NCCc1ccccc1OC(F)F)C1CC1.